The van der Waals surface area contributed by atoms with Crippen LogP contribution in [-0.4, -0.2) is 21.2 Å². The van der Waals surface area contributed by atoms with E-state index in [2.05, 4.69) is 16.4 Å². The fourth-order valence-corrected chi connectivity index (χ4v) is 4.03. The Bertz CT molecular complexity index is 1190. The number of carbonyl (C=O) groups excluding carboxylic acids is 1. The number of para-hydroxylation sites is 2. The SMILES string of the molecule is N#CCCn1c(SCC(=O)Nc2cccc3ccccc23)nc2ccccc21. The Balaban J connectivity index is 1.51. The van der Waals surface area contributed by atoms with E-state index in [0.717, 1.165) is 32.6 Å². The van der Waals surface area contributed by atoms with Gasteiger partial charge in [-0.2, -0.15) is 5.26 Å². The first-order valence-electron chi connectivity index (χ1n) is 8.99. The Morgan fingerprint density at radius 2 is 1.86 bits per heavy atom. The molecule has 0 aliphatic heterocycles. The van der Waals surface area contributed by atoms with Gasteiger partial charge in [-0.3, -0.25) is 4.79 Å². The molecular formula is C22H18N4OS. The molecule has 0 saturated heterocycles. The second kappa shape index (κ2) is 8.15. The highest BCUT2D eigenvalue weighted by Gasteiger charge is 2.13. The molecule has 0 aliphatic rings. The van der Waals surface area contributed by atoms with Gasteiger partial charge in [-0.25, -0.2) is 4.98 Å². The van der Waals surface area contributed by atoms with Gasteiger partial charge in [-0.1, -0.05) is 60.3 Å². The summed E-state index contributed by atoms with van der Waals surface area (Å²) < 4.78 is 2.01. The van der Waals surface area contributed by atoms with Crippen molar-refractivity contribution in [2.75, 3.05) is 11.1 Å². The number of nitriles is 1. The van der Waals surface area contributed by atoms with Gasteiger partial charge >= 0.3 is 0 Å². The number of nitrogens with zero attached hydrogens (tertiary/aromatic N) is 3. The molecule has 138 valence electrons. The zero-order valence-corrected chi connectivity index (χ0v) is 15.9. The molecule has 1 aromatic heterocycles. The van der Waals surface area contributed by atoms with E-state index in [1.54, 1.807) is 0 Å². The van der Waals surface area contributed by atoms with Gasteiger partial charge < -0.3 is 9.88 Å². The maximum atomic E-state index is 12.5. The van der Waals surface area contributed by atoms with Crippen molar-refractivity contribution in [2.45, 2.75) is 18.1 Å². The van der Waals surface area contributed by atoms with Gasteiger partial charge in [0.2, 0.25) is 5.91 Å². The van der Waals surface area contributed by atoms with E-state index in [-0.39, 0.29) is 11.7 Å². The third-order valence-electron chi connectivity index (χ3n) is 4.46. The van der Waals surface area contributed by atoms with E-state index in [9.17, 15) is 4.79 Å². The Labute approximate surface area is 167 Å². The minimum atomic E-state index is -0.0831. The number of benzene rings is 3. The number of nitrogens with one attached hydrogen (secondary N) is 1. The molecule has 1 N–H and O–H groups in total. The number of fused-ring (bicyclic) bond motifs is 2. The highest BCUT2D eigenvalue weighted by molar-refractivity contribution is 7.99. The van der Waals surface area contributed by atoms with Crippen LogP contribution in [0.4, 0.5) is 5.69 Å². The number of amides is 1. The summed E-state index contributed by atoms with van der Waals surface area (Å²) in [5.41, 5.74) is 2.66. The number of aryl methyl sites for hydroxylation is 1. The van der Waals surface area contributed by atoms with Crippen molar-refractivity contribution in [1.82, 2.24) is 9.55 Å². The lowest BCUT2D eigenvalue weighted by Gasteiger charge is -2.09. The highest BCUT2D eigenvalue weighted by Crippen LogP contribution is 2.26. The number of anilines is 1. The molecule has 1 amide bonds. The predicted molar refractivity (Wildman–Crippen MR) is 113 cm³/mol. The molecule has 0 atom stereocenters. The lowest BCUT2D eigenvalue weighted by Crippen LogP contribution is -2.15. The van der Waals surface area contributed by atoms with Crippen LogP contribution in [0.5, 0.6) is 0 Å². The first-order valence-corrected chi connectivity index (χ1v) is 9.97. The predicted octanol–water partition coefficient (Wildman–Crippen LogP) is 4.83. The van der Waals surface area contributed by atoms with Crippen LogP contribution in [0.3, 0.4) is 0 Å². The Morgan fingerprint density at radius 3 is 2.75 bits per heavy atom. The van der Waals surface area contributed by atoms with Crippen LogP contribution in [0, 0.1) is 11.3 Å². The van der Waals surface area contributed by atoms with Gasteiger partial charge in [-0.15, -0.1) is 0 Å². The minimum Gasteiger partial charge on any atom is -0.325 e. The maximum Gasteiger partial charge on any atom is 0.234 e. The molecule has 0 saturated carbocycles. The first-order chi connectivity index (χ1) is 13.8. The number of rotatable bonds is 6. The van der Waals surface area contributed by atoms with Crippen LogP contribution in [0.25, 0.3) is 21.8 Å². The average Bonchev–Trinajstić information content (AvgIpc) is 3.08. The molecule has 0 unspecified atom stereocenters. The van der Waals surface area contributed by atoms with Crippen molar-refractivity contribution in [3.8, 4) is 6.07 Å². The van der Waals surface area contributed by atoms with Gasteiger partial charge in [0.25, 0.3) is 0 Å². The lowest BCUT2D eigenvalue weighted by molar-refractivity contribution is -0.113. The van der Waals surface area contributed by atoms with E-state index in [1.807, 2.05) is 71.3 Å². The number of hydrogen-bond acceptors (Lipinski definition) is 4. The molecule has 5 nitrogen and oxygen atoms in total. The summed E-state index contributed by atoms with van der Waals surface area (Å²) in [5.74, 6) is 0.166. The fourth-order valence-electron chi connectivity index (χ4n) is 3.19. The molecule has 4 rings (SSSR count). The van der Waals surface area contributed by atoms with Crippen molar-refractivity contribution in [2.24, 2.45) is 0 Å². The van der Waals surface area contributed by atoms with Crippen molar-refractivity contribution in [1.29, 1.82) is 5.26 Å². The number of aromatic nitrogens is 2. The molecule has 3 aromatic carbocycles. The van der Waals surface area contributed by atoms with Crippen molar-refractivity contribution in [3.63, 3.8) is 0 Å². The second-order valence-corrected chi connectivity index (χ2v) is 7.25. The Kier molecular flexibility index (Phi) is 5.27. The zero-order chi connectivity index (χ0) is 19.3. The minimum absolute atomic E-state index is 0.0831. The number of hydrogen-bond donors (Lipinski definition) is 1. The molecule has 0 bridgehead atoms. The van der Waals surface area contributed by atoms with Gasteiger partial charge in [0.1, 0.15) is 0 Å². The van der Waals surface area contributed by atoms with Crippen molar-refractivity contribution < 1.29 is 4.79 Å². The number of imidazole rings is 1. The molecule has 0 radical (unpaired) electrons. The van der Waals surface area contributed by atoms with Gasteiger partial charge in [0.15, 0.2) is 5.16 Å². The van der Waals surface area contributed by atoms with Crippen LogP contribution >= 0.6 is 11.8 Å². The quantitative estimate of drug-likeness (QED) is 0.482. The van der Waals surface area contributed by atoms with E-state index in [1.165, 1.54) is 11.8 Å². The smallest absolute Gasteiger partial charge is 0.234 e. The Morgan fingerprint density at radius 1 is 1.07 bits per heavy atom. The number of thioether (sulfide) groups is 1. The van der Waals surface area contributed by atoms with Gasteiger partial charge in [0, 0.05) is 17.6 Å². The summed E-state index contributed by atoms with van der Waals surface area (Å²) in [6.45, 7) is 0.560. The summed E-state index contributed by atoms with van der Waals surface area (Å²) in [5, 5.41) is 14.8. The Hall–Kier alpha value is -3.30. The third kappa shape index (κ3) is 3.71. The van der Waals surface area contributed by atoms with Crippen LogP contribution in [0.15, 0.2) is 71.9 Å². The maximum absolute atomic E-state index is 12.5. The molecular weight excluding hydrogens is 368 g/mol. The molecule has 28 heavy (non-hydrogen) atoms. The number of carbonyl (C=O) groups is 1. The van der Waals surface area contributed by atoms with Gasteiger partial charge in [-0.05, 0) is 23.6 Å². The second-order valence-electron chi connectivity index (χ2n) is 6.31. The average molecular weight is 386 g/mol. The summed E-state index contributed by atoms with van der Waals surface area (Å²) in [7, 11) is 0. The van der Waals surface area contributed by atoms with Crippen LogP contribution < -0.4 is 5.32 Å². The summed E-state index contributed by atoms with van der Waals surface area (Å²) >= 11 is 1.39. The first kappa shape index (κ1) is 18.1. The highest BCUT2D eigenvalue weighted by atomic mass is 32.2. The van der Waals surface area contributed by atoms with Crippen molar-refractivity contribution in [3.05, 3.63) is 66.7 Å². The van der Waals surface area contributed by atoms with E-state index < -0.39 is 0 Å². The summed E-state index contributed by atoms with van der Waals surface area (Å²) in [6, 6.07) is 23.8. The molecule has 1 heterocycles. The van der Waals surface area contributed by atoms with Gasteiger partial charge in [0.05, 0.1) is 29.3 Å². The van der Waals surface area contributed by atoms with Crippen LogP contribution in [0.1, 0.15) is 6.42 Å². The van der Waals surface area contributed by atoms with E-state index in [0.29, 0.717) is 13.0 Å². The zero-order valence-electron chi connectivity index (χ0n) is 15.1. The van der Waals surface area contributed by atoms with Crippen LogP contribution in [-0.2, 0) is 11.3 Å². The third-order valence-corrected chi connectivity index (χ3v) is 5.44. The van der Waals surface area contributed by atoms with E-state index in [4.69, 9.17) is 5.26 Å². The van der Waals surface area contributed by atoms with Crippen molar-refractivity contribution >= 4 is 45.2 Å². The molecule has 0 aliphatic carbocycles. The standard InChI is InChI=1S/C22H18N4OS/c23-13-6-14-26-20-12-4-3-10-19(20)25-22(26)28-15-21(27)24-18-11-5-8-16-7-1-2-9-17(16)18/h1-5,7-12H,6,14-15H2,(H,24,27). The largest absolute Gasteiger partial charge is 0.325 e. The van der Waals surface area contributed by atoms with E-state index >= 15 is 0 Å². The summed E-state index contributed by atoms with van der Waals surface area (Å²) in [4.78, 5) is 17.2. The molecule has 6 heteroatoms. The fraction of sp³-hybridized carbons (Fsp3) is 0.136. The lowest BCUT2D eigenvalue weighted by atomic mass is 10.1. The van der Waals surface area contributed by atoms with Crippen LogP contribution in [0.2, 0.25) is 0 Å². The monoisotopic (exact) mass is 386 g/mol. The normalized spacial score (nSPS) is 10.8. The summed E-state index contributed by atoms with van der Waals surface area (Å²) in [6.07, 6.45) is 0.399. The molecule has 4 aromatic rings. The molecule has 0 spiro atoms. The molecule has 0 fully saturated rings. The topological polar surface area (TPSA) is 70.7 Å².